The third-order valence-corrected chi connectivity index (χ3v) is 5.63. The second kappa shape index (κ2) is 9.42. The number of carbonyl (C=O) groups excluding carboxylic acids is 1. The Labute approximate surface area is 152 Å². The molecule has 3 aliphatic rings. The summed E-state index contributed by atoms with van der Waals surface area (Å²) in [7, 11) is 1.71. The van der Waals surface area contributed by atoms with E-state index >= 15 is 0 Å². The van der Waals surface area contributed by atoms with Crippen LogP contribution in [0.2, 0.25) is 0 Å². The second-order valence-electron chi connectivity index (χ2n) is 6.88. The highest BCUT2D eigenvalue weighted by molar-refractivity contribution is 5.85. The van der Waals surface area contributed by atoms with Gasteiger partial charge in [0, 0.05) is 39.3 Å². The number of piperazine rings is 1. The van der Waals surface area contributed by atoms with Crippen molar-refractivity contribution in [2.45, 2.75) is 38.1 Å². The molecule has 0 radical (unpaired) electrons. The van der Waals surface area contributed by atoms with Gasteiger partial charge in [0.2, 0.25) is 5.91 Å². The van der Waals surface area contributed by atoms with Crippen LogP contribution in [0.15, 0.2) is 0 Å². The number of ether oxygens (including phenoxy) is 1. The molecule has 3 fully saturated rings. The van der Waals surface area contributed by atoms with Gasteiger partial charge in [-0.15, -0.1) is 24.8 Å². The van der Waals surface area contributed by atoms with Crippen molar-refractivity contribution in [1.29, 1.82) is 0 Å². The number of halogens is 2. The van der Waals surface area contributed by atoms with Crippen LogP contribution in [0.5, 0.6) is 0 Å². The van der Waals surface area contributed by atoms with E-state index in [1.54, 1.807) is 7.11 Å². The monoisotopic (exact) mass is 367 g/mol. The molecule has 2 aliphatic heterocycles. The molecule has 1 saturated carbocycles. The van der Waals surface area contributed by atoms with E-state index in [-0.39, 0.29) is 30.2 Å². The lowest BCUT2D eigenvalue weighted by atomic mass is 9.78. The molecule has 136 valence electrons. The summed E-state index contributed by atoms with van der Waals surface area (Å²) in [4.78, 5) is 17.7. The van der Waals surface area contributed by atoms with Crippen LogP contribution < -0.4 is 5.32 Å². The lowest BCUT2D eigenvalue weighted by Gasteiger charge is -2.46. The molecule has 0 bridgehead atoms. The number of hydrogen-bond donors (Lipinski definition) is 1. The quantitative estimate of drug-likeness (QED) is 0.818. The van der Waals surface area contributed by atoms with Crippen LogP contribution >= 0.6 is 24.8 Å². The number of amides is 1. The Morgan fingerprint density at radius 1 is 1.13 bits per heavy atom. The zero-order valence-electron chi connectivity index (χ0n) is 14.1. The average Bonchev–Trinajstić information content (AvgIpc) is 2.47. The maximum atomic E-state index is 13.0. The zero-order valence-corrected chi connectivity index (χ0v) is 15.7. The molecule has 5 nitrogen and oxygen atoms in total. The van der Waals surface area contributed by atoms with Crippen LogP contribution in [0.4, 0.5) is 0 Å². The van der Waals surface area contributed by atoms with Gasteiger partial charge in [0.15, 0.2) is 0 Å². The molecule has 0 aromatic carbocycles. The molecule has 0 aromatic rings. The largest absolute Gasteiger partial charge is 0.384 e. The summed E-state index contributed by atoms with van der Waals surface area (Å²) in [5, 5.41) is 3.36. The molecule has 1 amide bonds. The lowest BCUT2D eigenvalue weighted by molar-refractivity contribution is -0.150. The van der Waals surface area contributed by atoms with Crippen molar-refractivity contribution in [2.24, 2.45) is 5.41 Å². The van der Waals surface area contributed by atoms with Gasteiger partial charge in [-0.2, -0.15) is 0 Å². The fourth-order valence-corrected chi connectivity index (χ4v) is 3.98. The average molecular weight is 368 g/mol. The Morgan fingerprint density at radius 2 is 1.74 bits per heavy atom. The first-order chi connectivity index (χ1) is 10.2. The van der Waals surface area contributed by atoms with E-state index in [0.717, 1.165) is 58.2 Å². The van der Waals surface area contributed by atoms with Gasteiger partial charge in [-0.05, 0) is 38.8 Å². The summed E-state index contributed by atoms with van der Waals surface area (Å²) in [6, 6.07) is 0.800. The van der Waals surface area contributed by atoms with Crippen molar-refractivity contribution in [3.8, 4) is 0 Å². The van der Waals surface area contributed by atoms with Crippen LogP contribution in [0.3, 0.4) is 0 Å². The summed E-state index contributed by atoms with van der Waals surface area (Å²) >= 11 is 0. The molecule has 2 saturated heterocycles. The Hall–Kier alpha value is -0.0700. The minimum absolute atomic E-state index is 0. The fraction of sp³-hybridized carbons (Fsp3) is 0.938. The van der Waals surface area contributed by atoms with Gasteiger partial charge in [0.1, 0.15) is 0 Å². The van der Waals surface area contributed by atoms with Crippen molar-refractivity contribution in [3.63, 3.8) is 0 Å². The molecule has 0 aromatic heterocycles. The predicted octanol–water partition coefficient (Wildman–Crippen LogP) is 1.54. The first-order valence-corrected chi connectivity index (χ1v) is 8.48. The third-order valence-electron chi connectivity index (χ3n) is 5.63. The van der Waals surface area contributed by atoms with Crippen molar-refractivity contribution >= 4 is 30.7 Å². The summed E-state index contributed by atoms with van der Waals surface area (Å²) < 4.78 is 5.40. The molecule has 3 rings (SSSR count). The van der Waals surface area contributed by atoms with E-state index < -0.39 is 0 Å². The lowest BCUT2D eigenvalue weighted by Crippen LogP contribution is -2.58. The summed E-state index contributed by atoms with van der Waals surface area (Å²) in [6.07, 6.45) is 5.90. The molecule has 2 heterocycles. The van der Waals surface area contributed by atoms with Crippen LogP contribution in [0, 0.1) is 5.41 Å². The molecule has 0 unspecified atom stereocenters. The minimum Gasteiger partial charge on any atom is -0.384 e. The van der Waals surface area contributed by atoms with Gasteiger partial charge in [-0.1, -0.05) is 6.42 Å². The van der Waals surface area contributed by atoms with Gasteiger partial charge in [-0.25, -0.2) is 0 Å². The molecule has 0 atom stereocenters. The molecule has 23 heavy (non-hydrogen) atoms. The van der Waals surface area contributed by atoms with E-state index in [2.05, 4.69) is 15.1 Å². The van der Waals surface area contributed by atoms with Gasteiger partial charge in [0.25, 0.3) is 0 Å². The maximum Gasteiger partial charge on any atom is 0.231 e. The Bertz CT molecular complexity index is 361. The molecular formula is C16H31Cl2N3O2. The van der Waals surface area contributed by atoms with Crippen LogP contribution in [0.25, 0.3) is 0 Å². The Balaban J connectivity index is 0.00000132. The highest BCUT2D eigenvalue weighted by Crippen LogP contribution is 2.33. The normalized spacial score (nSPS) is 25.0. The zero-order chi connectivity index (χ0) is 14.7. The smallest absolute Gasteiger partial charge is 0.231 e. The van der Waals surface area contributed by atoms with Crippen LogP contribution in [-0.4, -0.2) is 74.7 Å². The number of hydrogen-bond acceptors (Lipinski definition) is 4. The fourth-order valence-electron chi connectivity index (χ4n) is 3.98. The van der Waals surface area contributed by atoms with E-state index in [9.17, 15) is 4.79 Å². The first-order valence-electron chi connectivity index (χ1n) is 8.48. The second-order valence-corrected chi connectivity index (χ2v) is 6.88. The van der Waals surface area contributed by atoms with Crippen molar-refractivity contribution in [1.82, 2.24) is 15.1 Å². The Morgan fingerprint density at radius 3 is 2.22 bits per heavy atom. The summed E-state index contributed by atoms with van der Waals surface area (Å²) in [5.74, 6) is 0.333. The van der Waals surface area contributed by atoms with Gasteiger partial charge in [0.05, 0.1) is 12.0 Å². The predicted molar refractivity (Wildman–Crippen MR) is 96.7 cm³/mol. The van der Waals surface area contributed by atoms with Crippen molar-refractivity contribution in [3.05, 3.63) is 0 Å². The standard InChI is InChI=1S/C16H29N3O2.2ClH/c1-21-13-16(5-7-17-8-6-16)15(20)19-11-9-18(10-12-19)14-3-2-4-14;;/h14,17H,2-13H2,1H3;2*1H. The molecule has 1 N–H and O–H groups in total. The van der Waals surface area contributed by atoms with Gasteiger partial charge in [-0.3, -0.25) is 9.69 Å². The van der Waals surface area contributed by atoms with E-state index in [1.165, 1.54) is 19.3 Å². The highest BCUT2D eigenvalue weighted by atomic mass is 35.5. The molecular weight excluding hydrogens is 337 g/mol. The number of methoxy groups -OCH3 is 1. The van der Waals surface area contributed by atoms with E-state index in [0.29, 0.717) is 12.5 Å². The Kier molecular flexibility index (Phi) is 8.59. The van der Waals surface area contributed by atoms with Gasteiger partial charge < -0.3 is 15.0 Å². The number of piperidine rings is 1. The van der Waals surface area contributed by atoms with E-state index in [1.807, 2.05) is 0 Å². The number of rotatable bonds is 4. The number of nitrogens with one attached hydrogen (secondary N) is 1. The van der Waals surface area contributed by atoms with Crippen molar-refractivity contribution < 1.29 is 9.53 Å². The van der Waals surface area contributed by atoms with Gasteiger partial charge >= 0.3 is 0 Å². The highest BCUT2D eigenvalue weighted by Gasteiger charge is 2.43. The maximum absolute atomic E-state index is 13.0. The minimum atomic E-state index is -0.279. The van der Waals surface area contributed by atoms with Crippen LogP contribution in [-0.2, 0) is 9.53 Å². The van der Waals surface area contributed by atoms with Crippen molar-refractivity contribution in [2.75, 3.05) is 53.0 Å². The summed E-state index contributed by atoms with van der Waals surface area (Å²) in [5.41, 5.74) is -0.279. The van der Waals surface area contributed by atoms with Crippen LogP contribution in [0.1, 0.15) is 32.1 Å². The first kappa shape index (κ1) is 21.0. The SMILES string of the molecule is COCC1(C(=O)N2CCN(C3CCC3)CC2)CCNCC1.Cl.Cl. The van der Waals surface area contributed by atoms with E-state index in [4.69, 9.17) is 4.74 Å². The summed E-state index contributed by atoms with van der Waals surface area (Å²) in [6.45, 7) is 6.32. The topological polar surface area (TPSA) is 44.8 Å². The number of carbonyl (C=O) groups is 1. The number of nitrogens with zero attached hydrogens (tertiary/aromatic N) is 2. The molecule has 0 spiro atoms. The molecule has 7 heteroatoms. The third kappa shape index (κ3) is 4.51. The molecule has 1 aliphatic carbocycles.